The second-order valence-electron chi connectivity index (χ2n) is 4.08. The van der Waals surface area contributed by atoms with Gasteiger partial charge in [0.15, 0.2) is 9.84 Å². The van der Waals surface area contributed by atoms with Crippen LogP contribution in [0.3, 0.4) is 0 Å². The van der Waals surface area contributed by atoms with Crippen molar-refractivity contribution in [3.63, 3.8) is 0 Å². The predicted octanol–water partition coefficient (Wildman–Crippen LogP) is 1.71. The summed E-state index contributed by atoms with van der Waals surface area (Å²) in [5.74, 6) is 0.0520. The molecule has 5 heteroatoms. The lowest BCUT2D eigenvalue weighted by Crippen LogP contribution is -2.31. The molecule has 2 N–H and O–H groups in total. The van der Waals surface area contributed by atoms with Crippen molar-refractivity contribution >= 4 is 25.8 Å². The lowest BCUT2D eigenvalue weighted by Gasteiger charge is -2.09. The zero-order chi connectivity index (χ0) is 11.1. The molecule has 0 aliphatic heterocycles. The Bertz CT molecular complexity index is 480. The van der Waals surface area contributed by atoms with Crippen molar-refractivity contribution in [2.75, 3.05) is 5.75 Å². The molecule has 15 heavy (non-hydrogen) atoms. The highest BCUT2D eigenvalue weighted by Crippen LogP contribution is 2.35. The van der Waals surface area contributed by atoms with Gasteiger partial charge in [0.05, 0.1) is 10.6 Å². The fourth-order valence-electron chi connectivity index (χ4n) is 1.43. The summed E-state index contributed by atoms with van der Waals surface area (Å²) in [7, 11) is -3.23. The van der Waals surface area contributed by atoms with Crippen LogP contribution in [-0.2, 0) is 9.84 Å². The third-order valence-electron chi connectivity index (χ3n) is 2.52. The number of nitrogens with two attached hydrogens (primary N) is 1. The molecule has 0 aromatic heterocycles. The van der Waals surface area contributed by atoms with E-state index in [1.54, 1.807) is 24.3 Å². The number of hydrogen-bond donors (Lipinski definition) is 1. The van der Waals surface area contributed by atoms with E-state index >= 15 is 0 Å². The maximum Gasteiger partial charge on any atom is 0.180 e. The third kappa shape index (κ3) is 2.59. The molecule has 1 aliphatic carbocycles. The van der Waals surface area contributed by atoms with Gasteiger partial charge >= 0.3 is 0 Å². The number of sulfone groups is 1. The Morgan fingerprint density at radius 1 is 1.40 bits per heavy atom. The van der Waals surface area contributed by atoms with Crippen LogP contribution in [0.15, 0.2) is 33.6 Å². The minimum atomic E-state index is -3.23. The average molecular weight is 290 g/mol. The van der Waals surface area contributed by atoms with Crippen molar-refractivity contribution in [2.24, 2.45) is 5.73 Å². The van der Waals surface area contributed by atoms with E-state index in [0.29, 0.717) is 4.90 Å². The zero-order valence-electron chi connectivity index (χ0n) is 8.11. The van der Waals surface area contributed by atoms with Crippen molar-refractivity contribution in [1.29, 1.82) is 0 Å². The van der Waals surface area contributed by atoms with Gasteiger partial charge in [-0.25, -0.2) is 8.42 Å². The molecule has 2 rings (SSSR count). The first-order valence-electron chi connectivity index (χ1n) is 4.69. The monoisotopic (exact) mass is 289 g/mol. The van der Waals surface area contributed by atoms with E-state index in [2.05, 4.69) is 15.9 Å². The van der Waals surface area contributed by atoms with Crippen molar-refractivity contribution in [2.45, 2.75) is 23.3 Å². The Balaban J connectivity index is 2.29. The smallest absolute Gasteiger partial charge is 0.180 e. The molecule has 0 spiro atoms. The highest BCUT2D eigenvalue weighted by molar-refractivity contribution is 9.10. The van der Waals surface area contributed by atoms with E-state index < -0.39 is 15.4 Å². The van der Waals surface area contributed by atoms with E-state index in [0.717, 1.165) is 17.3 Å². The number of rotatable bonds is 3. The molecular weight excluding hydrogens is 278 g/mol. The van der Waals surface area contributed by atoms with Gasteiger partial charge in [-0.15, -0.1) is 0 Å². The molecule has 1 fully saturated rings. The molecule has 0 atom stereocenters. The van der Waals surface area contributed by atoms with Crippen molar-refractivity contribution in [3.05, 3.63) is 28.7 Å². The fraction of sp³-hybridized carbons (Fsp3) is 0.400. The topological polar surface area (TPSA) is 60.2 Å². The first-order chi connectivity index (χ1) is 6.91. The minimum absolute atomic E-state index is 0.0520. The number of benzene rings is 1. The van der Waals surface area contributed by atoms with Crippen molar-refractivity contribution < 1.29 is 8.42 Å². The van der Waals surface area contributed by atoms with Crippen LogP contribution in [0.1, 0.15) is 12.8 Å². The van der Waals surface area contributed by atoms with Crippen LogP contribution in [0, 0.1) is 0 Å². The normalized spacial score (nSPS) is 18.8. The molecule has 0 bridgehead atoms. The number of hydrogen-bond acceptors (Lipinski definition) is 3. The van der Waals surface area contributed by atoms with Gasteiger partial charge in [-0.05, 0) is 31.0 Å². The van der Waals surface area contributed by atoms with Gasteiger partial charge in [-0.1, -0.05) is 22.0 Å². The molecule has 82 valence electrons. The van der Waals surface area contributed by atoms with Gasteiger partial charge in [-0.3, -0.25) is 0 Å². The predicted molar refractivity (Wildman–Crippen MR) is 62.3 cm³/mol. The van der Waals surface area contributed by atoms with E-state index in [4.69, 9.17) is 5.73 Å². The van der Waals surface area contributed by atoms with E-state index in [9.17, 15) is 8.42 Å². The molecular formula is C10H12BrNO2S. The summed E-state index contributed by atoms with van der Waals surface area (Å²) in [6, 6.07) is 6.73. The molecule has 3 nitrogen and oxygen atoms in total. The van der Waals surface area contributed by atoms with E-state index in [-0.39, 0.29) is 5.75 Å². The highest BCUT2D eigenvalue weighted by atomic mass is 79.9. The summed E-state index contributed by atoms with van der Waals surface area (Å²) in [6.07, 6.45) is 1.61. The maximum absolute atomic E-state index is 11.9. The Morgan fingerprint density at radius 2 is 2.07 bits per heavy atom. The molecule has 1 aliphatic rings. The molecule has 1 aromatic carbocycles. The Labute approximate surface area is 97.7 Å². The Morgan fingerprint density at radius 3 is 2.60 bits per heavy atom. The molecule has 0 heterocycles. The quantitative estimate of drug-likeness (QED) is 0.922. The summed E-state index contributed by atoms with van der Waals surface area (Å²) in [4.78, 5) is 0.341. The van der Waals surface area contributed by atoms with Crippen LogP contribution >= 0.6 is 15.9 Å². The molecule has 0 amide bonds. The summed E-state index contributed by atoms with van der Waals surface area (Å²) >= 11 is 3.25. The van der Waals surface area contributed by atoms with E-state index in [1.807, 2.05) is 0 Å². The maximum atomic E-state index is 11.9. The highest BCUT2D eigenvalue weighted by Gasteiger charge is 2.42. The molecule has 0 radical (unpaired) electrons. The summed E-state index contributed by atoms with van der Waals surface area (Å²) in [5.41, 5.74) is 5.35. The summed E-state index contributed by atoms with van der Waals surface area (Å²) in [6.45, 7) is 0. The zero-order valence-corrected chi connectivity index (χ0v) is 10.5. The summed E-state index contributed by atoms with van der Waals surface area (Å²) in [5, 5.41) is 0. The molecule has 0 saturated heterocycles. The Kier molecular flexibility index (Phi) is 2.65. The standard InChI is InChI=1S/C10H12BrNO2S/c11-8-2-1-3-9(6-8)15(13,14)7-10(12)4-5-10/h1-3,6H,4-5,7,12H2. The lowest BCUT2D eigenvalue weighted by atomic mass is 10.4. The first-order valence-corrected chi connectivity index (χ1v) is 7.13. The van der Waals surface area contributed by atoms with Gasteiger partial charge < -0.3 is 5.73 Å². The van der Waals surface area contributed by atoms with Gasteiger partial charge in [0.2, 0.25) is 0 Å². The number of halogens is 1. The second-order valence-corrected chi connectivity index (χ2v) is 6.98. The first kappa shape index (κ1) is 11.1. The SMILES string of the molecule is NC1(CS(=O)(=O)c2cccc(Br)c2)CC1. The second kappa shape index (κ2) is 3.57. The van der Waals surface area contributed by atoms with Crippen LogP contribution in [0.4, 0.5) is 0 Å². The average Bonchev–Trinajstić information content (AvgIpc) is 2.82. The fourth-order valence-corrected chi connectivity index (χ4v) is 3.78. The van der Waals surface area contributed by atoms with Crippen molar-refractivity contribution in [3.8, 4) is 0 Å². The molecule has 0 unspecified atom stereocenters. The van der Waals surface area contributed by atoms with Crippen LogP contribution in [0.25, 0.3) is 0 Å². The minimum Gasteiger partial charge on any atom is -0.324 e. The van der Waals surface area contributed by atoms with E-state index in [1.165, 1.54) is 0 Å². The van der Waals surface area contributed by atoms with Gasteiger partial charge in [0.1, 0.15) is 0 Å². The van der Waals surface area contributed by atoms with Crippen LogP contribution < -0.4 is 5.73 Å². The van der Waals surface area contributed by atoms with Gasteiger partial charge in [-0.2, -0.15) is 0 Å². The molecule has 1 aromatic rings. The third-order valence-corrected chi connectivity index (χ3v) is 4.95. The Hall–Kier alpha value is -0.390. The van der Waals surface area contributed by atoms with Crippen molar-refractivity contribution in [1.82, 2.24) is 0 Å². The largest absolute Gasteiger partial charge is 0.324 e. The van der Waals surface area contributed by atoms with Gasteiger partial charge in [0, 0.05) is 10.0 Å². The molecule has 1 saturated carbocycles. The summed E-state index contributed by atoms with van der Waals surface area (Å²) < 4.78 is 24.6. The van der Waals surface area contributed by atoms with Crippen LogP contribution in [0.2, 0.25) is 0 Å². The van der Waals surface area contributed by atoms with Crippen LogP contribution in [0.5, 0.6) is 0 Å². The lowest BCUT2D eigenvalue weighted by molar-refractivity contribution is 0.585. The van der Waals surface area contributed by atoms with Crippen LogP contribution in [-0.4, -0.2) is 19.7 Å². The van der Waals surface area contributed by atoms with Gasteiger partial charge in [0.25, 0.3) is 0 Å².